The van der Waals surface area contributed by atoms with Gasteiger partial charge in [0, 0.05) is 19.0 Å². The van der Waals surface area contributed by atoms with Crippen molar-refractivity contribution in [2.24, 2.45) is 5.73 Å². The second-order valence-corrected chi connectivity index (χ2v) is 5.11. The number of nitrogens with zero attached hydrogens (tertiary/aromatic N) is 1. The summed E-state index contributed by atoms with van der Waals surface area (Å²) in [6.45, 7) is 2.67. The standard InChI is InChI=1S/C12H16ClFN2S/c1-8(5-12(15)17)16(2)7-9-3-4-10(13)11(14)6-9/h3-4,6,8H,5,7H2,1-2H3,(H2,15,17). The summed E-state index contributed by atoms with van der Waals surface area (Å²) >= 11 is 10.5. The Morgan fingerprint density at radius 2 is 2.24 bits per heavy atom. The summed E-state index contributed by atoms with van der Waals surface area (Å²) in [5.41, 5.74) is 6.37. The Bertz CT molecular complexity index is 411. The van der Waals surface area contributed by atoms with Gasteiger partial charge in [-0.05, 0) is 31.7 Å². The molecule has 0 aliphatic carbocycles. The van der Waals surface area contributed by atoms with E-state index >= 15 is 0 Å². The van der Waals surface area contributed by atoms with Crippen molar-refractivity contribution in [1.82, 2.24) is 4.90 Å². The molecule has 0 saturated heterocycles. The van der Waals surface area contributed by atoms with E-state index in [9.17, 15) is 4.39 Å². The van der Waals surface area contributed by atoms with E-state index in [4.69, 9.17) is 29.6 Å². The molecule has 1 aromatic rings. The van der Waals surface area contributed by atoms with Gasteiger partial charge in [0.25, 0.3) is 0 Å². The Morgan fingerprint density at radius 1 is 1.59 bits per heavy atom. The Hall–Kier alpha value is -0.710. The van der Waals surface area contributed by atoms with Crippen LogP contribution >= 0.6 is 23.8 Å². The molecule has 1 atom stereocenters. The van der Waals surface area contributed by atoms with Crippen LogP contribution in [0.15, 0.2) is 18.2 Å². The molecule has 5 heteroatoms. The highest BCUT2D eigenvalue weighted by Gasteiger charge is 2.11. The quantitative estimate of drug-likeness (QED) is 0.837. The van der Waals surface area contributed by atoms with Crippen molar-refractivity contribution in [3.63, 3.8) is 0 Å². The molecule has 1 rings (SSSR count). The van der Waals surface area contributed by atoms with Gasteiger partial charge in [-0.25, -0.2) is 4.39 Å². The zero-order valence-electron chi connectivity index (χ0n) is 9.91. The number of benzene rings is 1. The fourth-order valence-corrected chi connectivity index (χ4v) is 1.89. The van der Waals surface area contributed by atoms with Gasteiger partial charge >= 0.3 is 0 Å². The lowest BCUT2D eigenvalue weighted by Crippen LogP contribution is -2.32. The molecule has 1 aromatic carbocycles. The normalized spacial score (nSPS) is 12.8. The molecule has 0 saturated carbocycles. The zero-order chi connectivity index (χ0) is 13.0. The third kappa shape index (κ3) is 4.58. The van der Waals surface area contributed by atoms with Gasteiger partial charge in [0.15, 0.2) is 0 Å². The molecular weight excluding hydrogens is 259 g/mol. The molecule has 17 heavy (non-hydrogen) atoms. The predicted molar refractivity (Wildman–Crippen MR) is 73.7 cm³/mol. The lowest BCUT2D eigenvalue weighted by Gasteiger charge is -2.24. The van der Waals surface area contributed by atoms with Gasteiger partial charge in [0.05, 0.1) is 10.0 Å². The van der Waals surface area contributed by atoms with Crippen LogP contribution in [0.4, 0.5) is 4.39 Å². The lowest BCUT2D eigenvalue weighted by molar-refractivity contribution is 0.255. The molecule has 0 radical (unpaired) electrons. The van der Waals surface area contributed by atoms with Crippen molar-refractivity contribution in [2.45, 2.75) is 25.9 Å². The molecule has 94 valence electrons. The van der Waals surface area contributed by atoms with E-state index in [1.165, 1.54) is 6.07 Å². The first-order valence-electron chi connectivity index (χ1n) is 5.32. The van der Waals surface area contributed by atoms with Crippen LogP contribution in [-0.4, -0.2) is 23.0 Å². The van der Waals surface area contributed by atoms with Crippen molar-refractivity contribution < 1.29 is 4.39 Å². The second-order valence-electron chi connectivity index (χ2n) is 4.18. The van der Waals surface area contributed by atoms with Gasteiger partial charge in [-0.2, -0.15) is 0 Å². The monoisotopic (exact) mass is 274 g/mol. The summed E-state index contributed by atoms with van der Waals surface area (Å²) in [7, 11) is 1.95. The van der Waals surface area contributed by atoms with Gasteiger partial charge in [0.2, 0.25) is 0 Å². The molecule has 1 unspecified atom stereocenters. The van der Waals surface area contributed by atoms with Gasteiger partial charge < -0.3 is 5.73 Å². The maximum Gasteiger partial charge on any atom is 0.142 e. The first-order chi connectivity index (χ1) is 7.90. The average Bonchev–Trinajstić information content (AvgIpc) is 2.22. The molecule has 0 aromatic heterocycles. The van der Waals surface area contributed by atoms with E-state index in [0.29, 0.717) is 18.0 Å². The highest BCUT2D eigenvalue weighted by molar-refractivity contribution is 7.80. The van der Waals surface area contributed by atoms with E-state index in [1.54, 1.807) is 6.07 Å². The molecule has 0 aliphatic rings. The second kappa shape index (κ2) is 6.28. The summed E-state index contributed by atoms with van der Waals surface area (Å²) < 4.78 is 13.2. The van der Waals surface area contributed by atoms with Crippen LogP contribution in [0, 0.1) is 5.82 Å². The van der Waals surface area contributed by atoms with Crippen molar-refractivity contribution in [3.8, 4) is 0 Å². The van der Waals surface area contributed by atoms with Crippen LogP contribution < -0.4 is 5.73 Å². The van der Waals surface area contributed by atoms with Crippen LogP contribution in [0.2, 0.25) is 5.02 Å². The largest absolute Gasteiger partial charge is 0.393 e. The molecule has 0 spiro atoms. The minimum Gasteiger partial charge on any atom is -0.393 e. The Balaban J connectivity index is 2.64. The van der Waals surface area contributed by atoms with Crippen molar-refractivity contribution in [2.75, 3.05) is 7.05 Å². The van der Waals surface area contributed by atoms with E-state index in [0.717, 1.165) is 5.56 Å². The van der Waals surface area contributed by atoms with E-state index < -0.39 is 0 Å². The van der Waals surface area contributed by atoms with Gasteiger partial charge in [-0.15, -0.1) is 0 Å². The highest BCUT2D eigenvalue weighted by Crippen LogP contribution is 2.17. The van der Waals surface area contributed by atoms with Crippen LogP contribution in [0.1, 0.15) is 18.9 Å². The average molecular weight is 275 g/mol. The summed E-state index contributed by atoms with van der Waals surface area (Å²) in [5.74, 6) is -0.389. The SMILES string of the molecule is CC(CC(N)=S)N(C)Cc1ccc(Cl)c(F)c1. The fourth-order valence-electron chi connectivity index (χ4n) is 1.53. The Kier molecular flexibility index (Phi) is 5.31. The summed E-state index contributed by atoms with van der Waals surface area (Å²) in [4.78, 5) is 2.56. The minimum atomic E-state index is -0.389. The molecule has 0 heterocycles. The highest BCUT2D eigenvalue weighted by atomic mass is 35.5. The number of halogens is 2. The molecule has 0 bridgehead atoms. The summed E-state index contributed by atoms with van der Waals surface area (Å²) in [5, 5.41) is 0.146. The van der Waals surface area contributed by atoms with Gasteiger partial charge in [-0.3, -0.25) is 4.90 Å². The number of thiocarbonyl (C=S) groups is 1. The molecule has 0 aliphatic heterocycles. The van der Waals surface area contributed by atoms with Crippen LogP contribution in [0.3, 0.4) is 0 Å². The lowest BCUT2D eigenvalue weighted by atomic mass is 10.1. The summed E-state index contributed by atoms with van der Waals surface area (Å²) in [6.07, 6.45) is 0.655. The predicted octanol–water partition coefficient (Wildman–Crippen LogP) is 2.98. The van der Waals surface area contributed by atoms with E-state index in [2.05, 4.69) is 4.90 Å². The number of nitrogens with two attached hydrogens (primary N) is 1. The van der Waals surface area contributed by atoms with Gasteiger partial charge in [-0.1, -0.05) is 29.9 Å². The van der Waals surface area contributed by atoms with Gasteiger partial charge in [0.1, 0.15) is 5.82 Å². The maximum absolute atomic E-state index is 13.2. The first-order valence-corrected chi connectivity index (χ1v) is 6.11. The molecule has 0 fully saturated rings. The first kappa shape index (κ1) is 14.4. The summed E-state index contributed by atoms with van der Waals surface area (Å²) in [6, 6.07) is 5.06. The smallest absolute Gasteiger partial charge is 0.142 e. The van der Waals surface area contributed by atoms with Crippen molar-refractivity contribution in [3.05, 3.63) is 34.6 Å². The molecular formula is C12H16ClFN2S. The Labute approximate surface area is 112 Å². The third-order valence-electron chi connectivity index (χ3n) is 2.67. The number of hydrogen-bond acceptors (Lipinski definition) is 2. The maximum atomic E-state index is 13.2. The third-order valence-corrected chi connectivity index (χ3v) is 3.14. The fraction of sp³-hybridized carbons (Fsp3) is 0.417. The molecule has 2 N–H and O–H groups in total. The number of hydrogen-bond donors (Lipinski definition) is 1. The van der Waals surface area contributed by atoms with Crippen molar-refractivity contribution in [1.29, 1.82) is 0 Å². The molecule has 2 nitrogen and oxygen atoms in total. The number of rotatable bonds is 5. The van der Waals surface area contributed by atoms with Crippen LogP contribution in [0.25, 0.3) is 0 Å². The van der Waals surface area contributed by atoms with Crippen LogP contribution in [-0.2, 0) is 6.54 Å². The molecule has 0 amide bonds. The van der Waals surface area contributed by atoms with Crippen molar-refractivity contribution >= 4 is 28.8 Å². The Morgan fingerprint density at radius 3 is 2.76 bits per heavy atom. The zero-order valence-corrected chi connectivity index (χ0v) is 11.5. The minimum absolute atomic E-state index is 0.146. The van der Waals surface area contributed by atoms with Crippen LogP contribution in [0.5, 0.6) is 0 Å². The van der Waals surface area contributed by atoms with E-state index in [-0.39, 0.29) is 16.9 Å². The van der Waals surface area contributed by atoms with E-state index in [1.807, 2.05) is 20.0 Å². The topological polar surface area (TPSA) is 29.3 Å².